The Kier molecular flexibility index (Phi) is 8.22. The van der Waals surface area contributed by atoms with Crippen molar-refractivity contribution in [1.29, 1.82) is 0 Å². The average molecular weight is 446 g/mol. The summed E-state index contributed by atoms with van der Waals surface area (Å²) in [6.45, 7) is 2.82. The number of nitrogens with one attached hydrogen (secondary N) is 2. The Labute approximate surface area is 184 Å². The lowest BCUT2D eigenvalue weighted by Crippen LogP contribution is -2.48. The molecule has 8 heteroatoms. The fourth-order valence-electron chi connectivity index (χ4n) is 3.30. The molecule has 5 nitrogen and oxygen atoms in total. The number of benzene rings is 2. The predicted molar refractivity (Wildman–Crippen MR) is 117 cm³/mol. The van der Waals surface area contributed by atoms with Gasteiger partial charge in [-0.3, -0.25) is 4.79 Å². The first-order chi connectivity index (χ1) is 14.9. The van der Waals surface area contributed by atoms with E-state index in [-0.39, 0.29) is 18.7 Å². The molecule has 31 heavy (non-hydrogen) atoms. The number of aliphatic hydroxyl groups is 1. The van der Waals surface area contributed by atoms with Gasteiger partial charge in [0.2, 0.25) is 0 Å². The van der Waals surface area contributed by atoms with E-state index < -0.39 is 29.7 Å². The zero-order chi connectivity index (χ0) is 22.2. The molecule has 0 fully saturated rings. The molecule has 0 spiro atoms. The highest BCUT2D eigenvalue weighted by atomic mass is 32.1. The lowest BCUT2D eigenvalue weighted by Gasteiger charge is -2.24. The van der Waals surface area contributed by atoms with Crippen LogP contribution in [0.1, 0.15) is 34.1 Å². The molecule has 1 amide bonds. The summed E-state index contributed by atoms with van der Waals surface area (Å²) in [6, 6.07) is 10.6. The van der Waals surface area contributed by atoms with Crippen molar-refractivity contribution in [2.45, 2.75) is 38.5 Å². The number of hydrogen-bond acceptors (Lipinski definition) is 5. The van der Waals surface area contributed by atoms with Crippen LogP contribution in [0.4, 0.5) is 8.78 Å². The van der Waals surface area contributed by atoms with Crippen LogP contribution >= 0.6 is 11.3 Å². The second kappa shape index (κ2) is 11.1. The van der Waals surface area contributed by atoms with Gasteiger partial charge in [-0.05, 0) is 41.7 Å². The average Bonchev–Trinajstić information content (AvgIpc) is 3.28. The maximum absolute atomic E-state index is 13.6. The molecule has 2 atom stereocenters. The molecule has 3 aromatic rings. The Morgan fingerprint density at radius 1 is 1.13 bits per heavy atom. The summed E-state index contributed by atoms with van der Waals surface area (Å²) >= 11 is 1.28. The molecule has 164 valence electrons. The van der Waals surface area contributed by atoms with Gasteiger partial charge in [0.25, 0.3) is 5.91 Å². The Morgan fingerprint density at radius 2 is 1.87 bits per heavy atom. The molecular formula is C23H25F2N3O2S. The Bertz CT molecular complexity index is 978. The quantitative estimate of drug-likeness (QED) is 0.447. The second-order valence-electron chi connectivity index (χ2n) is 7.31. The van der Waals surface area contributed by atoms with Crippen molar-refractivity contribution in [3.63, 3.8) is 0 Å². The molecule has 3 N–H and O–H groups in total. The molecule has 0 saturated carbocycles. The van der Waals surface area contributed by atoms with Gasteiger partial charge in [-0.25, -0.2) is 13.8 Å². The van der Waals surface area contributed by atoms with E-state index >= 15 is 0 Å². The van der Waals surface area contributed by atoms with Gasteiger partial charge in [0.1, 0.15) is 17.3 Å². The van der Waals surface area contributed by atoms with Gasteiger partial charge < -0.3 is 15.7 Å². The minimum absolute atomic E-state index is 0.0682. The van der Waals surface area contributed by atoms with Gasteiger partial charge in [-0.1, -0.05) is 31.2 Å². The molecule has 0 aliphatic rings. The highest BCUT2D eigenvalue weighted by Gasteiger charge is 2.23. The first kappa shape index (κ1) is 23.0. The molecule has 0 aliphatic carbocycles. The maximum atomic E-state index is 13.6. The van der Waals surface area contributed by atoms with Crippen LogP contribution in [0.3, 0.4) is 0 Å². The SMILES string of the molecule is CCc1cccc(CNC[C@H](O)[C@H](Cc2cc(F)cc(F)c2)NC(=O)c2cscn2)c1. The minimum atomic E-state index is -0.983. The highest BCUT2D eigenvalue weighted by molar-refractivity contribution is 7.07. The number of hydrogen-bond donors (Lipinski definition) is 3. The van der Waals surface area contributed by atoms with Crippen LogP contribution in [0.5, 0.6) is 0 Å². The fraction of sp³-hybridized carbons (Fsp3) is 0.304. The predicted octanol–water partition coefficient (Wildman–Crippen LogP) is 3.48. The van der Waals surface area contributed by atoms with Gasteiger partial charge in [0, 0.05) is 24.5 Å². The molecule has 0 saturated heterocycles. The molecule has 0 unspecified atom stereocenters. The van der Waals surface area contributed by atoms with E-state index in [1.807, 2.05) is 12.1 Å². The molecule has 0 radical (unpaired) electrons. The normalized spacial score (nSPS) is 13.0. The van der Waals surface area contributed by atoms with Crippen LogP contribution in [0.25, 0.3) is 0 Å². The van der Waals surface area contributed by atoms with Crippen molar-refractivity contribution >= 4 is 17.2 Å². The Hall–Kier alpha value is -2.68. The largest absolute Gasteiger partial charge is 0.390 e. The molecule has 1 aromatic heterocycles. The monoisotopic (exact) mass is 445 g/mol. The summed E-state index contributed by atoms with van der Waals surface area (Å²) < 4.78 is 27.2. The van der Waals surface area contributed by atoms with Crippen molar-refractivity contribution in [2.75, 3.05) is 6.54 Å². The number of carbonyl (C=O) groups excluding carboxylic acids is 1. The van der Waals surface area contributed by atoms with Crippen LogP contribution in [0.15, 0.2) is 53.4 Å². The van der Waals surface area contributed by atoms with E-state index in [4.69, 9.17) is 0 Å². The third kappa shape index (κ3) is 6.92. The van der Waals surface area contributed by atoms with E-state index in [9.17, 15) is 18.7 Å². The zero-order valence-corrected chi connectivity index (χ0v) is 18.0. The topological polar surface area (TPSA) is 74.2 Å². The summed E-state index contributed by atoms with van der Waals surface area (Å²) in [5.41, 5.74) is 4.42. The van der Waals surface area contributed by atoms with Gasteiger partial charge in [-0.2, -0.15) is 0 Å². The van der Waals surface area contributed by atoms with Crippen molar-refractivity contribution in [3.05, 3.63) is 87.4 Å². The number of halogens is 2. The number of aromatic nitrogens is 1. The molecule has 2 aromatic carbocycles. The minimum Gasteiger partial charge on any atom is -0.390 e. The van der Waals surface area contributed by atoms with Crippen LogP contribution in [-0.2, 0) is 19.4 Å². The van der Waals surface area contributed by atoms with Crippen molar-refractivity contribution in [1.82, 2.24) is 15.6 Å². The van der Waals surface area contributed by atoms with Crippen molar-refractivity contribution in [3.8, 4) is 0 Å². The Morgan fingerprint density at radius 3 is 2.55 bits per heavy atom. The second-order valence-corrected chi connectivity index (χ2v) is 8.03. The summed E-state index contributed by atoms with van der Waals surface area (Å²) in [6.07, 6.45) is 0.0210. The van der Waals surface area contributed by atoms with E-state index in [0.29, 0.717) is 12.1 Å². The highest BCUT2D eigenvalue weighted by Crippen LogP contribution is 2.13. The van der Waals surface area contributed by atoms with Gasteiger partial charge >= 0.3 is 0 Å². The molecule has 1 heterocycles. The van der Waals surface area contributed by atoms with Gasteiger partial charge in [0.05, 0.1) is 17.7 Å². The van der Waals surface area contributed by atoms with Crippen LogP contribution in [0.2, 0.25) is 0 Å². The first-order valence-electron chi connectivity index (χ1n) is 10.0. The van der Waals surface area contributed by atoms with Gasteiger partial charge in [-0.15, -0.1) is 11.3 Å². The third-order valence-corrected chi connectivity index (χ3v) is 5.49. The van der Waals surface area contributed by atoms with Crippen LogP contribution in [0, 0.1) is 11.6 Å². The zero-order valence-electron chi connectivity index (χ0n) is 17.1. The van der Waals surface area contributed by atoms with Crippen molar-refractivity contribution < 1.29 is 18.7 Å². The number of thiazole rings is 1. The smallest absolute Gasteiger partial charge is 0.271 e. The van der Waals surface area contributed by atoms with Crippen LogP contribution in [-0.4, -0.2) is 34.7 Å². The standard InChI is InChI=1S/C23H25F2N3O2S/c1-2-15-4-3-5-16(6-15)11-26-12-22(29)20(28-23(30)21-13-31-14-27-21)9-17-7-18(24)10-19(25)8-17/h3-8,10,13-14,20,22,26,29H,2,9,11-12H2,1H3,(H,28,30)/t20-,22-/m0/s1. The lowest BCUT2D eigenvalue weighted by molar-refractivity contribution is 0.0826. The number of aliphatic hydroxyl groups excluding tert-OH is 1. The fourth-order valence-corrected chi connectivity index (χ4v) is 3.83. The molecule has 0 aliphatic heterocycles. The van der Waals surface area contributed by atoms with E-state index in [0.717, 1.165) is 18.1 Å². The van der Waals surface area contributed by atoms with Crippen LogP contribution < -0.4 is 10.6 Å². The van der Waals surface area contributed by atoms with Gasteiger partial charge in [0.15, 0.2) is 0 Å². The first-order valence-corrected chi connectivity index (χ1v) is 11.0. The van der Waals surface area contributed by atoms with E-state index in [1.54, 1.807) is 5.38 Å². The summed E-state index contributed by atoms with van der Waals surface area (Å²) in [7, 11) is 0. The number of aryl methyl sites for hydroxylation is 1. The third-order valence-electron chi connectivity index (χ3n) is 4.91. The maximum Gasteiger partial charge on any atom is 0.271 e. The van der Waals surface area contributed by atoms with E-state index in [2.05, 4.69) is 34.7 Å². The lowest BCUT2D eigenvalue weighted by atomic mass is 10.00. The molecular weight excluding hydrogens is 420 g/mol. The van der Waals surface area contributed by atoms with E-state index in [1.165, 1.54) is 34.5 Å². The molecule has 0 bridgehead atoms. The number of nitrogens with zero attached hydrogens (tertiary/aromatic N) is 1. The summed E-state index contributed by atoms with van der Waals surface area (Å²) in [4.78, 5) is 16.4. The molecule has 3 rings (SSSR count). The summed E-state index contributed by atoms with van der Waals surface area (Å²) in [5, 5.41) is 18.3. The Balaban J connectivity index is 1.67. The number of carbonyl (C=O) groups is 1. The number of amides is 1. The van der Waals surface area contributed by atoms with Crippen molar-refractivity contribution in [2.24, 2.45) is 0 Å². The number of rotatable bonds is 10. The summed E-state index contributed by atoms with van der Waals surface area (Å²) in [5.74, 6) is -1.86.